The Bertz CT molecular complexity index is 613. The van der Waals surface area contributed by atoms with E-state index in [1.54, 1.807) is 30.3 Å². The van der Waals surface area contributed by atoms with Crippen molar-refractivity contribution in [2.75, 3.05) is 17.2 Å². The highest BCUT2D eigenvalue weighted by molar-refractivity contribution is 6.30. The fourth-order valence-electron chi connectivity index (χ4n) is 1.62. The Labute approximate surface area is 128 Å². The molecule has 1 heterocycles. The van der Waals surface area contributed by atoms with Crippen molar-refractivity contribution >= 4 is 29.0 Å². The third-order valence-electron chi connectivity index (χ3n) is 2.69. The van der Waals surface area contributed by atoms with Crippen LogP contribution >= 0.6 is 11.6 Å². The molecule has 110 valence electrons. The normalized spacial score (nSPS) is 10.5. The van der Waals surface area contributed by atoms with Gasteiger partial charge in [0.25, 0.3) is 5.91 Å². The first-order valence-electron chi connectivity index (χ1n) is 6.67. The number of amides is 1. The monoisotopic (exact) mass is 304 g/mol. The number of aromatic nitrogens is 2. The predicted molar refractivity (Wildman–Crippen MR) is 84.8 cm³/mol. The lowest BCUT2D eigenvalue weighted by atomic mass is 10.2. The van der Waals surface area contributed by atoms with E-state index >= 15 is 0 Å². The molecule has 1 aromatic heterocycles. The van der Waals surface area contributed by atoms with E-state index in [1.807, 2.05) is 0 Å². The van der Waals surface area contributed by atoms with Gasteiger partial charge in [-0.25, -0.2) is 9.97 Å². The van der Waals surface area contributed by atoms with E-state index in [9.17, 15) is 4.79 Å². The number of carbonyl (C=O) groups excluding carboxylic acids is 1. The predicted octanol–water partition coefficient (Wildman–Crippen LogP) is 3.45. The molecule has 0 aliphatic carbocycles. The summed E-state index contributed by atoms with van der Waals surface area (Å²) in [7, 11) is 0. The smallest absolute Gasteiger partial charge is 0.274 e. The summed E-state index contributed by atoms with van der Waals surface area (Å²) in [6, 6.07) is 8.53. The summed E-state index contributed by atoms with van der Waals surface area (Å²) in [6.07, 6.45) is 1.37. The minimum Gasteiger partial charge on any atom is -0.370 e. The van der Waals surface area contributed by atoms with Crippen LogP contribution in [0, 0.1) is 5.92 Å². The summed E-state index contributed by atoms with van der Waals surface area (Å²) in [5, 5.41) is 6.54. The van der Waals surface area contributed by atoms with Crippen LogP contribution < -0.4 is 10.6 Å². The topological polar surface area (TPSA) is 66.9 Å². The average Bonchev–Trinajstić information content (AvgIpc) is 2.48. The summed E-state index contributed by atoms with van der Waals surface area (Å²) in [6.45, 7) is 4.99. The van der Waals surface area contributed by atoms with Gasteiger partial charge in [-0.1, -0.05) is 25.4 Å². The number of hydrogen-bond donors (Lipinski definition) is 2. The van der Waals surface area contributed by atoms with Gasteiger partial charge in [0.1, 0.15) is 17.8 Å². The Balaban J connectivity index is 2.05. The van der Waals surface area contributed by atoms with Gasteiger partial charge in [-0.2, -0.15) is 0 Å². The number of nitrogens with zero attached hydrogens (tertiary/aromatic N) is 2. The van der Waals surface area contributed by atoms with E-state index in [0.717, 1.165) is 6.54 Å². The lowest BCUT2D eigenvalue weighted by Crippen LogP contribution is -2.15. The van der Waals surface area contributed by atoms with Crippen LogP contribution in [-0.2, 0) is 0 Å². The highest BCUT2D eigenvalue weighted by atomic mass is 35.5. The average molecular weight is 305 g/mol. The Hall–Kier alpha value is -2.14. The first-order chi connectivity index (χ1) is 10.0. The maximum Gasteiger partial charge on any atom is 0.274 e. The first-order valence-corrected chi connectivity index (χ1v) is 7.05. The third kappa shape index (κ3) is 4.72. The van der Waals surface area contributed by atoms with Crippen LogP contribution in [0.5, 0.6) is 0 Å². The maximum atomic E-state index is 12.1. The maximum absolute atomic E-state index is 12.1. The highest BCUT2D eigenvalue weighted by Gasteiger charge is 2.09. The molecule has 0 fully saturated rings. The lowest BCUT2D eigenvalue weighted by Gasteiger charge is -2.09. The van der Waals surface area contributed by atoms with E-state index in [4.69, 9.17) is 11.6 Å². The van der Waals surface area contributed by atoms with Crippen molar-refractivity contribution in [1.29, 1.82) is 0 Å². The van der Waals surface area contributed by atoms with E-state index < -0.39 is 0 Å². The van der Waals surface area contributed by atoms with E-state index in [0.29, 0.717) is 28.1 Å². The molecule has 0 saturated heterocycles. The van der Waals surface area contributed by atoms with Crippen LogP contribution in [0.2, 0.25) is 5.02 Å². The number of hydrogen-bond acceptors (Lipinski definition) is 4. The molecule has 0 atom stereocenters. The quantitative estimate of drug-likeness (QED) is 0.888. The zero-order chi connectivity index (χ0) is 15.2. The molecule has 1 amide bonds. The molecule has 0 aliphatic rings. The molecule has 0 bridgehead atoms. The van der Waals surface area contributed by atoms with Crippen molar-refractivity contribution in [3.05, 3.63) is 47.4 Å². The van der Waals surface area contributed by atoms with Crippen LogP contribution in [0.4, 0.5) is 11.5 Å². The van der Waals surface area contributed by atoms with Gasteiger partial charge in [0.15, 0.2) is 0 Å². The molecular formula is C15H17ClN4O. The van der Waals surface area contributed by atoms with Gasteiger partial charge >= 0.3 is 0 Å². The molecule has 0 spiro atoms. The Morgan fingerprint density at radius 2 is 1.95 bits per heavy atom. The molecule has 1 aromatic carbocycles. The van der Waals surface area contributed by atoms with Gasteiger partial charge in [0.2, 0.25) is 0 Å². The van der Waals surface area contributed by atoms with Gasteiger partial charge in [0, 0.05) is 23.3 Å². The zero-order valence-electron chi connectivity index (χ0n) is 11.9. The number of carbonyl (C=O) groups is 1. The summed E-state index contributed by atoms with van der Waals surface area (Å²) in [5.74, 6) is 0.846. The molecule has 0 saturated carbocycles. The second kappa shape index (κ2) is 7.04. The molecule has 2 rings (SSSR count). The second-order valence-corrected chi connectivity index (χ2v) is 5.46. The number of benzene rings is 1. The van der Waals surface area contributed by atoms with E-state index in [1.165, 1.54) is 6.33 Å². The number of anilines is 2. The standard InChI is InChI=1S/C15H17ClN4O/c1-10(2)8-17-14-7-13(18-9-19-14)15(21)20-12-5-3-11(16)4-6-12/h3-7,9-10H,8H2,1-2H3,(H,20,21)(H,17,18,19). The Morgan fingerprint density at radius 1 is 1.24 bits per heavy atom. The molecule has 2 N–H and O–H groups in total. The van der Waals surface area contributed by atoms with Gasteiger partial charge in [-0.05, 0) is 30.2 Å². The van der Waals surface area contributed by atoms with Crippen molar-refractivity contribution in [2.45, 2.75) is 13.8 Å². The van der Waals surface area contributed by atoms with Crippen LogP contribution in [0.3, 0.4) is 0 Å². The van der Waals surface area contributed by atoms with Crippen molar-refractivity contribution in [3.63, 3.8) is 0 Å². The summed E-state index contributed by atoms with van der Waals surface area (Å²) < 4.78 is 0. The largest absolute Gasteiger partial charge is 0.370 e. The number of rotatable bonds is 5. The van der Waals surface area contributed by atoms with Crippen molar-refractivity contribution < 1.29 is 4.79 Å². The Morgan fingerprint density at radius 3 is 2.62 bits per heavy atom. The minimum atomic E-state index is -0.285. The molecule has 21 heavy (non-hydrogen) atoms. The SMILES string of the molecule is CC(C)CNc1cc(C(=O)Nc2ccc(Cl)cc2)ncn1. The van der Waals surface area contributed by atoms with Crippen molar-refractivity contribution in [1.82, 2.24) is 9.97 Å². The second-order valence-electron chi connectivity index (χ2n) is 5.02. The van der Waals surface area contributed by atoms with Gasteiger partial charge < -0.3 is 10.6 Å². The first kappa shape index (κ1) is 15.3. The van der Waals surface area contributed by atoms with Gasteiger partial charge in [-0.3, -0.25) is 4.79 Å². The molecule has 0 aliphatic heterocycles. The van der Waals surface area contributed by atoms with E-state index in [-0.39, 0.29) is 5.91 Å². The van der Waals surface area contributed by atoms with Crippen LogP contribution in [0.25, 0.3) is 0 Å². The fourth-order valence-corrected chi connectivity index (χ4v) is 1.74. The van der Waals surface area contributed by atoms with Crippen LogP contribution in [0.15, 0.2) is 36.7 Å². The van der Waals surface area contributed by atoms with Crippen molar-refractivity contribution in [3.8, 4) is 0 Å². The highest BCUT2D eigenvalue weighted by Crippen LogP contribution is 2.14. The number of nitrogens with one attached hydrogen (secondary N) is 2. The molecule has 0 radical (unpaired) electrons. The van der Waals surface area contributed by atoms with Gasteiger partial charge in [-0.15, -0.1) is 0 Å². The number of halogens is 1. The minimum absolute atomic E-state index is 0.285. The molecule has 0 unspecified atom stereocenters. The summed E-state index contributed by atoms with van der Waals surface area (Å²) >= 11 is 5.80. The van der Waals surface area contributed by atoms with Gasteiger partial charge in [0.05, 0.1) is 0 Å². The zero-order valence-corrected chi connectivity index (χ0v) is 12.7. The van der Waals surface area contributed by atoms with E-state index in [2.05, 4.69) is 34.4 Å². The van der Waals surface area contributed by atoms with Crippen molar-refractivity contribution in [2.24, 2.45) is 5.92 Å². The molecular weight excluding hydrogens is 288 g/mol. The third-order valence-corrected chi connectivity index (χ3v) is 2.95. The summed E-state index contributed by atoms with van der Waals surface area (Å²) in [4.78, 5) is 20.2. The summed E-state index contributed by atoms with van der Waals surface area (Å²) in [5.41, 5.74) is 0.978. The van der Waals surface area contributed by atoms with Crippen LogP contribution in [0.1, 0.15) is 24.3 Å². The molecule has 2 aromatic rings. The Kier molecular flexibility index (Phi) is 5.11. The fraction of sp³-hybridized carbons (Fsp3) is 0.267. The molecule has 6 heteroatoms. The lowest BCUT2D eigenvalue weighted by molar-refractivity contribution is 0.102. The molecule has 5 nitrogen and oxygen atoms in total. The van der Waals surface area contributed by atoms with Crippen LogP contribution in [-0.4, -0.2) is 22.4 Å².